The Bertz CT molecular complexity index is 561. The quantitative estimate of drug-likeness (QED) is 0.731. The smallest absolute Gasteiger partial charge is 0.308 e. The topological polar surface area (TPSA) is 63.7 Å². The van der Waals surface area contributed by atoms with Gasteiger partial charge in [-0.15, -0.1) is 0 Å². The molecule has 3 fully saturated rings. The predicted octanol–water partition coefficient (Wildman–Crippen LogP) is 2.18. The van der Waals surface area contributed by atoms with Gasteiger partial charge in [-0.2, -0.15) is 0 Å². The van der Waals surface area contributed by atoms with E-state index in [-0.39, 0.29) is 34.4 Å². The van der Waals surface area contributed by atoms with Crippen molar-refractivity contribution in [2.24, 2.45) is 22.2 Å². The lowest BCUT2D eigenvalue weighted by Crippen LogP contribution is -2.51. The molecular formula is C18H27NO4. The van der Waals surface area contributed by atoms with Crippen molar-refractivity contribution in [3.05, 3.63) is 0 Å². The summed E-state index contributed by atoms with van der Waals surface area (Å²) in [4.78, 5) is 39.3. The minimum atomic E-state index is -0.545. The number of esters is 1. The first-order valence-corrected chi connectivity index (χ1v) is 8.60. The van der Waals surface area contributed by atoms with Gasteiger partial charge in [0.05, 0.1) is 18.4 Å². The number of hydrogen-bond donors (Lipinski definition) is 0. The van der Waals surface area contributed by atoms with E-state index < -0.39 is 5.41 Å². The van der Waals surface area contributed by atoms with Crippen LogP contribution in [-0.4, -0.2) is 42.8 Å². The van der Waals surface area contributed by atoms with E-state index in [9.17, 15) is 14.4 Å². The summed E-state index contributed by atoms with van der Waals surface area (Å²) < 4.78 is 4.81. The van der Waals surface area contributed by atoms with Gasteiger partial charge in [0, 0.05) is 24.9 Å². The second-order valence-electron chi connectivity index (χ2n) is 8.23. The molecule has 2 saturated carbocycles. The number of ether oxygens (including phenoxy) is 1. The van der Waals surface area contributed by atoms with Crippen LogP contribution in [0.15, 0.2) is 0 Å². The van der Waals surface area contributed by atoms with E-state index in [2.05, 4.69) is 13.8 Å². The van der Waals surface area contributed by atoms with Gasteiger partial charge in [-0.05, 0) is 31.1 Å². The van der Waals surface area contributed by atoms with Crippen LogP contribution >= 0.6 is 0 Å². The summed E-state index contributed by atoms with van der Waals surface area (Å²) in [5, 5.41) is 0. The molecule has 2 aliphatic carbocycles. The molecule has 23 heavy (non-hydrogen) atoms. The Morgan fingerprint density at radius 3 is 2.17 bits per heavy atom. The van der Waals surface area contributed by atoms with Gasteiger partial charge in [-0.25, -0.2) is 0 Å². The molecule has 0 aromatic rings. The highest BCUT2D eigenvalue weighted by Crippen LogP contribution is 2.71. The van der Waals surface area contributed by atoms with E-state index in [1.807, 2.05) is 11.8 Å². The summed E-state index contributed by atoms with van der Waals surface area (Å²) in [6.07, 6.45) is 3.30. The Labute approximate surface area is 137 Å². The number of nitrogens with zero attached hydrogens (tertiary/aromatic N) is 1. The minimum Gasteiger partial charge on any atom is -0.469 e. The second-order valence-corrected chi connectivity index (χ2v) is 8.23. The standard InChI is InChI=1S/C18H27NO4/c1-16(2)17(3)7-8-18(16,11-13(17)20)15(22)19-9-5-12(6-10-19)14(21)23-4/h12H,5-11H2,1-4H3/t17-,18-/m1/s1. The number of ketones is 1. The van der Waals surface area contributed by atoms with Crippen molar-refractivity contribution < 1.29 is 19.1 Å². The predicted molar refractivity (Wildman–Crippen MR) is 84.5 cm³/mol. The number of carbonyl (C=O) groups excluding carboxylic acids is 3. The zero-order valence-corrected chi connectivity index (χ0v) is 14.6. The normalized spacial score (nSPS) is 36.3. The number of Topliss-reactive ketones (excluding diaryl/α,β-unsaturated/α-hetero) is 1. The number of likely N-dealkylation sites (tertiary alicyclic amines) is 1. The van der Waals surface area contributed by atoms with Crippen molar-refractivity contribution >= 4 is 17.7 Å². The highest BCUT2D eigenvalue weighted by Gasteiger charge is 2.73. The van der Waals surface area contributed by atoms with E-state index >= 15 is 0 Å². The van der Waals surface area contributed by atoms with Gasteiger partial charge in [0.25, 0.3) is 0 Å². The van der Waals surface area contributed by atoms with Crippen LogP contribution < -0.4 is 0 Å². The van der Waals surface area contributed by atoms with Crippen LogP contribution in [0.1, 0.15) is 52.9 Å². The lowest BCUT2D eigenvalue weighted by atomic mass is 9.64. The van der Waals surface area contributed by atoms with E-state index in [1.54, 1.807) is 0 Å². The first-order valence-electron chi connectivity index (χ1n) is 8.60. The molecule has 1 saturated heterocycles. The van der Waals surface area contributed by atoms with Crippen LogP contribution in [0, 0.1) is 22.2 Å². The van der Waals surface area contributed by atoms with E-state index in [1.165, 1.54) is 7.11 Å². The molecule has 0 N–H and O–H groups in total. The zero-order valence-electron chi connectivity index (χ0n) is 14.6. The van der Waals surface area contributed by atoms with Gasteiger partial charge in [0.1, 0.15) is 5.78 Å². The van der Waals surface area contributed by atoms with Crippen molar-refractivity contribution in [3.63, 3.8) is 0 Å². The van der Waals surface area contributed by atoms with Crippen LogP contribution in [0.25, 0.3) is 0 Å². The van der Waals surface area contributed by atoms with Crippen LogP contribution in [0.5, 0.6) is 0 Å². The maximum Gasteiger partial charge on any atom is 0.308 e. The van der Waals surface area contributed by atoms with Gasteiger partial charge < -0.3 is 9.64 Å². The number of hydrogen-bond acceptors (Lipinski definition) is 4. The Hall–Kier alpha value is -1.39. The van der Waals surface area contributed by atoms with Crippen molar-refractivity contribution in [3.8, 4) is 0 Å². The van der Waals surface area contributed by atoms with Gasteiger partial charge >= 0.3 is 5.97 Å². The maximum atomic E-state index is 13.3. The number of amides is 1. The number of fused-ring (bicyclic) bond motifs is 2. The van der Waals surface area contributed by atoms with Crippen LogP contribution in [0.2, 0.25) is 0 Å². The fraction of sp³-hybridized carbons (Fsp3) is 0.833. The van der Waals surface area contributed by atoms with E-state index in [4.69, 9.17) is 4.74 Å². The molecule has 0 spiro atoms. The highest BCUT2D eigenvalue weighted by atomic mass is 16.5. The fourth-order valence-corrected chi connectivity index (χ4v) is 5.12. The first-order chi connectivity index (χ1) is 10.7. The SMILES string of the molecule is COC(=O)C1CCN(C(=O)[C@@]23CC[C@](C)(C(=O)C2)C3(C)C)CC1. The molecule has 0 aromatic carbocycles. The maximum absolute atomic E-state index is 13.3. The van der Waals surface area contributed by atoms with Crippen LogP contribution in [-0.2, 0) is 19.1 Å². The summed E-state index contributed by atoms with van der Waals surface area (Å²) in [5.41, 5.74) is -1.21. The Morgan fingerprint density at radius 1 is 1.13 bits per heavy atom. The summed E-state index contributed by atoms with van der Waals surface area (Å²) in [7, 11) is 1.41. The number of rotatable bonds is 2. The zero-order chi connectivity index (χ0) is 17.0. The molecule has 0 radical (unpaired) electrons. The Kier molecular flexibility index (Phi) is 3.62. The molecule has 5 nitrogen and oxygen atoms in total. The number of piperidine rings is 1. The molecule has 2 bridgehead atoms. The van der Waals surface area contributed by atoms with Crippen molar-refractivity contribution in [2.75, 3.05) is 20.2 Å². The highest BCUT2D eigenvalue weighted by molar-refractivity contribution is 5.99. The van der Waals surface area contributed by atoms with Gasteiger partial charge in [-0.3, -0.25) is 14.4 Å². The third kappa shape index (κ3) is 1.94. The van der Waals surface area contributed by atoms with Gasteiger partial charge in [0.2, 0.25) is 5.91 Å². The van der Waals surface area contributed by atoms with E-state index in [0.29, 0.717) is 32.4 Å². The molecule has 3 aliphatic rings. The summed E-state index contributed by atoms with van der Waals surface area (Å²) in [6.45, 7) is 7.37. The third-order valence-electron chi connectivity index (χ3n) is 7.43. The molecule has 3 rings (SSSR count). The summed E-state index contributed by atoms with van der Waals surface area (Å²) in [5.74, 6) is 0.0839. The molecular weight excluding hydrogens is 294 g/mol. The number of carbonyl (C=O) groups is 3. The monoisotopic (exact) mass is 321 g/mol. The summed E-state index contributed by atoms with van der Waals surface area (Å²) >= 11 is 0. The third-order valence-corrected chi connectivity index (χ3v) is 7.43. The molecule has 0 unspecified atom stereocenters. The molecule has 0 aromatic heterocycles. The van der Waals surface area contributed by atoms with Crippen molar-refractivity contribution in [2.45, 2.75) is 52.9 Å². The van der Waals surface area contributed by atoms with Crippen molar-refractivity contribution in [1.82, 2.24) is 4.90 Å². The average Bonchev–Trinajstić information content (AvgIpc) is 2.84. The molecule has 1 aliphatic heterocycles. The largest absolute Gasteiger partial charge is 0.469 e. The Morgan fingerprint density at radius 2 is 1.74 bits per heavy atom. The fourth-order valence-electron chi connectivity index (χ4n) is 5.12. The first kappa shape index (κ1) is 16.5. The minimum absolute atomic E-state index is 0.103. The Balaban J connectivity index is 1.77. The van der Waals surface area contributed by atoms with Crippen LogP contribution in [0.3, 0.4) is 0 Å². The molecule has 5 heteroatoms. The van der Waals surface area contributed by atoms with E-state index in [0.717, 1.165) is 12.8 Å². The number of methoxy groups -OCH3 is 1. The lowest BCUT2D eigenvalue weighted by Gasteiger charge is -2.43. The average molecular weight is 321 g/mol. The molecule has 1 amide bonds. The molecule has 1 heterocycles. The molecule has 128 valence electrons. The van der Waals surface area contributed by atoms with Crippen molar-refractivity contribution in [1.29, 1.82) is 0 Å². The summed E-state index contributed by atoms with van der Waals surface area (Å²) in [6, 6.07) is 0. The molecule has 2 atom stereocenters. The second kappa shape index (κ2) is 5.05. The lowest BCUT2D eigenvalue weighted by molar-refractivity contribution is -0.154. The van der Waals surface area contributed by atoms with Gasteiger partial charge in [0.15, 0.2) is 0 Å². The van der Waals surface area contributed by atoms with Crippen LogP contribution in [0.4, 0.5) is 0 Å². The van der Waals surface area contributed by atoms with Gasteiger partial charge in [-0.1, -0.05) is 20.8 Å².